The maximum absolute atomic E-state index is 12.6. The lowest BCUT2D eigenvalue weighted by Gasteiger charge is -2.35. The number of fused-ring (bicyclic) bond motifs is 1. The van der Waals surface area contributed by atoms with E-state index in [2.05, 4.69) is 33.4 Å². The number of benzene rings is 1. The van der Waals surface area contributed by atoms with Gasteiger partial charge in [0.15, 0.2) is 0 Å². The molecule has 7 heteroatoms. The number of nitrogens with zero attached hydrogens (tertiary/aromatic N) is 4. The van der Waals surface area contributed by atoms with E-state index in [1.165, 1.54) is 12.8 Å². The minimum atomic E-state index is -0.0175. The zero-order valence-electron chi connectivity index (χ0n) is 17.6. The van der Waals surface area contributed by atoms with Crippen molar-refractivity contribution in [2.45, 2.75) is 38.6 Å². The summed E-state index contributed by atoms with van der Waals surface area (Å²) in [5.41, 5.74) is 3.36. The smallest absolute Gasteiger partial charge is 0.251 e. The fourth-order valence-electron chi connectivity index (χ4n) is 4.82. The molecule has 1 fully saturated rings. The fourth-order valence-corrected chi connectivity index (χ4v) is 4.82. The third-order valence-corrected chi connectivity index (χ3v) is 6.75. The Morgan fingerprint density at radius 3 is 2.81 bits per heavy atom. The van der Waals surface area contributed by atoms with Gasteiger partial charge in [-0.05, 0) is 38.0 Å². The van der Waals surface area contributed by atoms with E-state index in [-0.39, 0.29) is 17.4 Å². The second-order valence-corrected chi connectivity index (χ2v) is 8.47. The van der Waals surface area contributed by atoms with Crippen LogP contribution in [0.2, 0.25) is 0 Å². The van der Waals surface area contributed by atoms with Crippen molar-refractivity contribution in [3.05, 3.63) is 66.9 Å². The molecule has 0 radical (unpaired) electrons. The van der Waals surface area contributed by atoms with Crippen molar-refractivity contribution in [1.29, 1.82) is 0 Å². The van der Waals surface area contributed by atoms with Crippen molar-refractivity contribution in [2.24, 2.45) is 5.41 Å². The maximum atomic E-state index is 12.6. The Balaban J connectivity index is 1.38. The number of H-pyrrole nitrogens is 1. The summed E-state index contributed by atoms with van der Waals surface area (Å²) in [5.74, 6) is -0.0175. The van der Waals surface area contributed by atoms with E-state index in [0.717, 1.165) is 35.1 Å². The highest BCUT2D eigenvalue weighted by Gasteiger charge is 2.40. The quantitative estimate of drug-likeness (QED) is 0.490. The first-order valence-electron chi connectivity index (χ1n) is 10.8. The molecule has 1 saturated carbocycles. The summed E-state index contributed by atoms with van der Waals surface area (Å²) in [5, 5.41) is 8.87. The van der Waals surface area contributed by atoms with Crippen LogP contribution in [0, 0.1) is 5.41 Å². The molecular formula is C24H26N6O. The molecule has 1 aromatic carbocycles. The molecule has 1 unspecified atom stereocenters. The van der Waals surface area contributed by atoms with Crippen LogP contribution in [0.25, 0.3) is 22.3 Å². The average molecular weight is 415 g/mol. The predicted octanol–water partition coefficient (Wildman–Crippen LogP) is 4.37. The first-order valence-corrected chi connectivity index (χ1v) is 10.8. The van der Waals surface area contributed by atoms with Crippen molar-refractivity contribution in [3.8, 4) is 11.3 Å². The lowest BCUT2D eigenvalue weighted by molar-refractivity contribution is 0.0901. The third kappa shape index (κ3) is 3.60. The highest BCUT2D eigenvalue weighted by atomic mass is 16.1. The van der Waals surface area contributed by atoms with E-state index >= 15 is 0 Å². The normalized spacial score (nSPS) is 16.4. The third-order valence-electron chi connectivity index (χ3n) is 6.75. The first-order chi connectivity index (χ1) is 15.2. The number of carbonyl (C=O) groups excluding carboxylic acids is 1. The number of carbonyl (C=O) groups is 1. The van der Waals surface area contributed by atoms with Gasteiger partial charge in [0.05, 0.1) is 17.9 Å². The largest absolute Gasteiger partial charge is 0.351 e. The molecule has 1 aliphatic rings. The van der Waals surface area contributed by atoms with Gasteiger partial charge in [-0.15, -0.1) is 0 Å². The van der Waals surface area contributed by atoms with Gasteiger partial charge in [0.25, 0.3) is 5.91 Å². The van der Waals surface area contributed by atoms with Crippen molar-refractivity contribution in [2.75, 3.05) is 6.54 Å². The molecule has 0 saturated heterocycles. The lowest BCUT2D eigenvalue weighted by Crippen LogP contribution is -2.41. The van der Waals surface area contributed by atoms with Crippen LogP contribution >= 0.6 is 0 Å². The number of hydrogen-bond acceptors (Lipinski definition) is 4. The number of nitrogens with one attached hydrogen (secondary N) is 2. The van der Waals surface area contributed by atoms with Gasteiger partial charge >= 0.3 is 0 Å². The van der Waals surface area contributed by atoms with E-state index < -0.39 is 0 Å². The number of aromatic nitrogens is 5. The molecule has 3 aromatic heterocycles. The topological polar surface area (TPSA) is 88.5 Å². The zero-order chi connectivity index (χ0) is 21.3. The molecule has 3 heterocycles. The van der Waals surface area contributed by atoms with Crippen LogP contribution in [0.4, 0.5) is 0 Å². The van der Waals surface area contributed by atoms with Crippen LogP contribution in [-0.4, -0.2) is 37.2 Å². The molecule has 0 bridgehead atoms. The number of rotatable bonds is 6. The minimum Gasteiger partial charge on any atom is -0.351 e. The second-order valence-electron chi connectivity index (χ2n) is 8.47. The Kier molecular flexibility index (Phi) is 5.02. The van der Waals surface area contributed by atoms with Gasteiger partial charge in [-0.25, -0.2) is 9.97 Å². The molecule has 158 valence electrons. The molecule has 7 nitrogen and oxygen atoms in total. The van der Waals surface area contributed by atoms with Gasteiger partial charge in [-0.2, -0.15) is 5.10 Å². The van der Waals surface area contributed by atoms with Gasteiger partial charge in [0.2, 0.25) is 0 Å². The van der Waals surface area contributed by atoms with E-state index in [1.807, 2.05) is 53.5 Å². The Bertz CT molecular complexity index is 1190. The first kappa shape index (κ1) is 19.5. The SMILES string of the molecule is CC(n1cc(-c2ncnc3[nH]ccc23)cn1)C1(CNC(=O)c2ccccc2)CCCC1. The summed E-state index contributed by atoms with van der Waals surface area (Å²) >= 11 is 0. The average Bonchev–Trinajstić information content (AvgIpc) is 3.58. The van der Waals surface area contributed by atoms with Crippen molar-refractivity contribution in [3.63, 3.8) is 0 Å². The predicted molar refractivity (Wildman–Crippen MR) is 119 cm³/mol. The summed E-state index contributed by atoms with van der Waals surface area (Å²) < 4.78 is 2.04. The summed E-state index contributed by atoms with van der Waals surface area (Å²) in [4.78, 5) is 24.5. The zero-order valence-corrected chi connectivity index (χ0v) is 17.6. The molecule has 0 spiro atoms. The minimum absolute atomic E-state index is 0.0111. The lowest BCUT2D eigenvalue weighted by atomic mass is 9.79. The van der Waals surface area contributed by atoms with Crippen molar-refractivity contribution >= 4 is 16.9 Å². The van der Waals surface area contributed by atoms with Crippen LogP contribution < -0.4 is 5.32 Å². The molecule has 5 rings (SSSR count). The monoisotopic (exact) mass is 414 g/mol. The molecule has 1 atom stereocenters. The highest BCUT2D eigenvalue weighted by Crippen LogP contribution is 2.46. The van der Waals surface area contributed by atoms with Gasteiger partial charge in [0, 0.05) is 40.9 Å². The number of aromatic amines is 1. The maximum Gasteiger partial charge on any atom is 0.251 e. The van der Waals surface area contributed by atoms with Crippen LogP contribution in [-0.2, 0) is 0 Å². The van der Waals surface area contributed by atoms with Crippen molar-refractivity contribution < 1.29 is 4.79 Å². The fraction of sp³-hybridized carbons (Fsp3) is 0.333. The number of amides is 1. The second kappa shape index (κ2) is 7.98. The van der Waals surface area contributed by atoms with Crippen molar-refractivity contribution in [1.82, 2.24) is 30.0 Å². The standard InChI is InChI=1S/C24H26N6O/c1-17(24(10-5-6-11-24)15-26-23(31)18-7-3-2-4-8-18)30-14-19(13-29-30)21-20-9-12-25-22(20)28-16-27-21/h2-4,7-9,12-14,16-17H,5-6,10-11,15H2,1H3,(H,26,31)(H,25,27,28). The van der Waals surface area contributed by atoms with Crippen LogP contribution in [0.15, 0.2) is 61.3 Å². The molecular weight excluding hydrogens is 388 g/mol. The van der Waals surface area contributed by atoms with Gasteiger partial charge in [-0.3, -0.25) is 9.48 Å². The Morgan fingerprint density at radius 2 is 2.00 bits per heavy atom. The van der Waals surface area contributed by atoms with E-state index in [9.17, 15) is 4.79 Å². The van der Waals surface area contributed by atoms with Gasteiger partial charge in [-0.1, -0.05) is 31.0 Å². The van der Waals surface area contributed by atoms with Gasteiger partial charge < -0.3 is 10.3 Å². The Morgan fingerprint density at radius 1 is 1.19 bits per heavy atom. The molecule has 1 amide bonds. The Hall–Kier alpha value is -3.48. The summed E-state index contributed by atoms with van der Waals surface area (Å²) in [6.07, 6.45) is 11.9. The van der Waals surface area contributed by atoms with Crippen LogP contribution in [0.1, 0.15) is 49.0 Å². The summed E-state index contributed by atoms with van der Waals surface area (Å²) in [6.45, 7) is 2.86. The molecule has 2 N–H and O–H groups in total. The number of hydrogen-bond donors (Lipinski definition) is 2. The van der Waals surface area contributed by atoms with E-state index in [1.54, 1.807) is 6.33 Å². The van der Waals surface area contributed by atoms with E-state index in [4.69, 9.17) is 5.10 Å². The van der Waals surface area contributed by atoms with Crippen LogP contribution in [0.3, 0.4) is 0 Å². The summed E-state index contributed by atoms with van der Waals surface area (Å²) in [6, 6.07) is 11.6. The molecule has 31 heavy (non-hydrogen) atoms. The molecule has 1 aliphatic carbocycles. The molecule has 4 aromatic rings. The van der Waals surface area contributed by atoms with E-state index in [0.29, 0.717) is 12.1 Å². The van der Waals surface area contributed by atoms with Crippen LogP contribution in [0.5, 0.6) is 0 Å². The summed E-state index contributed by atoms with van der Waals surface area (Å²) in [7, 11) is 0. The van der Waals surface area contributed by atoms with Gasteiger partial charge in [0.1, 0.15) is 12.0 Å². The Labute approximate surface area is 180 Å². The highest BCUT2D eigenvalue weighted by molar-refractivity contribution is 5.94. The molecule has 0 aliphatic heterocycles.